The zero-order valence-electron chi connectivity index (χ0n) is 10.4. The normalized spacial score (nSPS) is 21.5. The molecule has 1 aromatic carbocycles. The molecule has 1 saturated heterocycles. The molecule has 2 aromatic rings. The van der Waals surface area contributed by atoms with Crippen molar-refractivity contribution in [3.63, 3.8) is 0 Å². The molecule has 0 spiro atoms. The van der Waals surface area contributed by atoms with Crippen LogP contribution in [0.15, 0.2) is 22.6 Å². The Hall–Kier alpha value is -1.20. The monoisotopic (exact) mass is 263 g/mol. The second-order valence-corrected chi connectivity index (χ2v) is 6.30. The number of hydrogen-bond donors (Lipinski definition) is 1. The number of anilines is 1. The third-order valence-corrected chi connectivity index (χ3v) is 4.28. The lowest BCUT2D eigenvalue weighted by Gasteiger charge is -2.29. The van der Waals surface area contributed by atoms with Gasteiger partial charge in [0.05, 0.1) is 6.54 Å². The van der Waals surface area contributed by atoms with E-state index in [1.807, 2.05) is 30.0 Å². The van der Waals surface area contributed by atoms with E-state index in [9.17, 15) is 0 Å². The van der Waals surface area contributed by atoms with E-state index in [1.54, 1.807) is 0 Å². The molecule has 4 nitrogen and oxygen atoms in total. The Labute approximate surface area is 111 Å². The van der Waals surface area contributed by atoms with Gasteiger partial charge in [-0.05, 0) is 12.1 Å². The van der Waals surface area contributed by atoms with Crippen LogP contribution >= 0.6 is 11.8 Å². The largest absolute Gasteiger partial charge is 0.439 e. The molecule has 1 unspecified atom stereocenters. The minimum Gasteiger partial charge on any atom is -0.439 e. The number of nitrogens with zero attached hydrogens (tertiary/aromatic N) is 2. The fraction of sp³-hybridized carbons (Fsp3) is 0.462. The molecule has 1 aliphatic rings. The van der Waals surface area contributed by atoms with Crippen LogP contribution in [-0.2, 0) is 6.54 Å². The summed E-state index contributed by atoms with van der Waals surface area (Å²) in [7, 11) is 0. The van der Waals surface area contributed by atoms with Crippen LogP contribution in [-0.4, -0.2) is 34.0 Å². The number of aromatic nitrogens is 1. The Balaban J connectivity index is 1.78. The molecule has 3 rings (SSSR count). The van der Waals surface area contributed by atoms with Crippen molar-refractivity contribution >= 4 is 28.5 Å². The molecule has 0 radical (unpaired) electrons. The summed E-state index contributed by atoms with van der Waals surface area (Å²) in [6, 6.07) is 5.60. The highest BCUT2D eigenvalue weighted by Gasteiger charge is 2.18. The maximum Gasteiger partial charge on any atom is 0.209 e. The Morgan fingerprint density at radius 1 is 1.56 bits per heavy atom. The number of benzene rings is 1. The zero-order chi connectivity index (χ0) is 12.5. The Morgan fingerprint density at radius 3 is 3.28 bits per heavy atom. The van der Waals surface area contributed by atoms with E-state index in [1.165, 1.54) is 5.75 Å². The van der Waals surface area contributed by atoms with Crippen LogP contribution in [0.4, 0.5) is 5.69 Å². The van der Waals surface area contributed by atoms with E-state index in [0.29, 0.717) is 10.9 Å². The van der Waals surface area contributed by atoms with Gasteiger partial charge in [0.1, 0.15) is 5.52 Å². The Morgan fingerprint density at radius 2 is 2.44 bits per heavy atom. The topological polar surface area (TPSA) is 55.3 Å². The van der Waals surface area contributed by atoms with Crippen molar-refractivity contribution in [2.24, 2.45) is 0 Å². The summed E-state index contributed by atoms with van der Waals surface area (Å²) in [6.45, 7) is 5.27. The summed E-state index contributed by atoms with van der Waals surface area (Å²) in [6.07, 6.45) is 0. The summed E-state index contributed by atoms with van der Waals surface area (Å²) < 4.78 is 5.75. The summed E-state index contributed by atoms with van der Waals surface area (Å²) in [5.41, 5.74) is 8.12. The molecule has 1 aliphatic heterocycles. The maximum atomic E-state index is 5.75. The van der Waals surface area contributed by atoms with E-state index in [-0.39, 0.29) is 0 Å². The third kappa shape index (κ3) is 2.47. The number of nitrogens with two attached hydrogens (primary N) is 1. The van der Waals surface area contributed by atoms with E-state index in [4.69, 9.17) is 10.2 Å². The molecule has 0 saturated carbocycles. The number of fused-ring (bicyclic) bond motifs is 1. The quantitative estimate of drug-likeness (QED) is 0.843. The predicted molar refractivity (Wildman–Crippen MR) is 75.6 cm³/mol. The van der Waals surface area contributed by atoms with Crippen LogP contribution in [0.25, 0.3) is 11.1 Å². The van der Waals surface area contributed by atoms with E-state index in [2.05, 4.69) is 16.8 Å². The smallest absolute Gasteiger partial charge is 0.209 e. The van der Waals surface area contributed by atoms with Gasteiger partial charge in [0.25, 0.3) is 0 Å². The van der Waals surface area contributed by atoms with Gasteiger partial charge in [0.15, 0.2) is 5.58 Å². The second-order valence-electron chi connectivity index (χ2n) is 4.75. The molecule has 96 valence electrons. The Bertz CT molecular complexity index is 554. The van der Waals surface area contributed by atoms with Gasteiger partial charge in [0.2, 0.25) is 5.89 Å². The van der Waals surface area contributed by atoms with E-state index >= 15 is 0 Å². The summed E-state index contributed by atoms with van der Waals surface area (Å²) in [5, 5.41) is 0.693. The van der Waals surface area contributed by atoms with Gasteiger partial charge in [-0.3, -0.25) is 4.90 Å². The number of oxazole rings is 1. The highest BCUT2D eigenvalue weighted by molar-refractivity contribution is 7.99. The zero-order valence-corrected chi connectivity index (χ0v) is 11.2. The highest BCUT2D eigenvalue weighted by atomic mass is 32.2. The fourth-order valence-electron chi connectivity index (χ4n) is 2.28. The number of nitrogen functional groups attached to an aromatic ring is 1. The van der Waals surface area contributed by atoms with Crippen LogP contribution in [0.3, 0.4) is 0 Å². The van der Waals surface area contributed by atoms with Crippen molar-refractivity contribution in [2.45, 2.75) is 18.7 Å². The highest BCUT2D eigenvalue weighted by Crippen LogP contribution is 2.22. The predicted octanol–water partition coefficient (Wildman–Crippen LogP) is 2.35. The average Bonchev–Trinajstić information content (AvgIpc) is 2.70. The minimum atomic E-state index is 0.693. The third-order valence-electron chi connectivity index (χ3n) is 3.14. The van der Waals surface area contributed by atoms with Gasteiger partial charge < -0.3 is 10.2 Å². The van der Waals surface area contributed by atoms with Gasteiger partial charge in [-0.15, -0.1) is 0 Å². The molecule has 1 fully saturated rings. The van der Waals surface area contributed by atoms with E-state index < -0.39 is 0 Å². The van der Waals surface area contributed by atoms with Gasteiger partial charge in [-0.25, -0.2) is 4.98 Å². The lowest BCUT2D eigenvalue weighted by Crippen LogP contribution is -2.36. The van der Waals surface area contributed by atoms with Gasteiger partial charge in [-0.2, -0.15) is 11.8 Å². The first kappa shape index (κ1) is 11.9. The Kier molecular flexibility index (Phi) is 3.18. The molecular formula is C13H17N3OS. The SMILES string of the molecule is CC1CN(Cc2nc3ccc(N)cc3o2)CCS1. The standard InChI is InChI=1S/C13H17N3OS/c1-9-7-16(4-5-18-9)8-13-15-11-3-2-10(14)6-12(11)17-13/h2-3,6,9H,4-5,7-8,14H2,1H3. The van der Waals surface area contributed by atoms with Gasteiger partial charge in [-0.1, -0.05) is 6.92 Å². The van der Waals surface area contributed by atoms with Crippen LogP contribution in [0.1, 0.15) is 12.8 Å². The van der Waals surface area contributed by atoms with Crippen molar-refractivity contribution in [3.8, 4) is 0 Å². The van der Waals surface area contributed by atoms with E-state index in [0.717, 1.165) is 36.6 Å². The van der Waals surface area contributed by atoms with Gasteiger partial charge in [0, 0.05) is 35.8 Å². The molecular weight excluding hydrogens is 246 g/mol. The molecule has 1 atom stereocenters. The van der Waals surface area contributed by atoms with Crippen molar-refractivity contribution in [3.05, 3.63) is 24.1 Å². The molecule has 1 aromatic heterocycles. The number of rotatable bonds is 2. The first-order valence-electron chi connectivity index (χ1n) is 6.19. The van der Waals surface area contributed by atoms with Crippen LogP contribution in [0.2, 0.25) is 0 Å². The van der Waals surface area contributed by atoms with Gasteiger partial charge >= 0.3 is 0 Å². The number of hydrogen-bond acceptors (Lipinski definition) is 5. The molecule has 0 amide bonds. The summed E-state index contributed by atoms with van der Waals surface area (Å²) in [4.78, 5) is 6.90. The second kappa shape index (κ2) is 4.82. The van der Waals surface area contributed by atoms with Crippen LogP contribution < -0.4 is 5.73 Å². The van der Waals surface area contributed by atoms with Crippen molar-refractivity contribution in [1.29, 1.82) is 0 Å². The van der Waals surface area contributed by atoms with Crippen molar-refractivity contribution in [2.75, 3.05) is 24.6 Å². The first-order chi connectivity index (χ1) is 8.70. The van der Waals surface area contributed by atoms with Crippen LogP contribution in [0.5, 0.6) is 0 Å². The molecule has 2 heterocycles. The molecule has 5 heteroatoms. The van der Waals surface area contributed by atoms with Crippen LogP contribution in [0, 0.1) is 0 Å². The minimum absolute atomic E-state index is 0.693. The lowest BCUT2D eigenvalue weighted by atomic mass is 10.3. The summed E-state index contributed by atoms with van der Waals surface area (Å²) >= 11 is 2.03. The van der Waals surface area contributed by atoms with Crippen molar-refractivity contribution < 1.29 is 4.42 Å². The van der Waals surface area contributed by atoms with Crippen molar-refractivity contribution in [1.82, 2.24) is 9.88 Å². The molecule has 0 bridgehead atoms. The fourth-order valence-corrected chi connectivity index (χ4v) is 3.36. The molecule has 0 aliphatic carbocycles. The number of thioether (sulfide) groups is 1. The lowest BCUT2D eigenvalue weighted by molar-refractivity contribution is 0.252. The average molecular weight is 263 g/mol. The first-order valence-corrected chi connectivity index (χ1v) is 7.24. The molecule has 18 heavy (non-hydrogen) atoms. The molecule has 2 N–H and O–H groups in total. The summed E-state index contributed by atoms with van der Waals surface area (Å²) in [5.74, 6) is 1.98. The maximum absolute atomic E-state index is 5.75.